The van der Waals surface area contributed by atoms with Gasteiger partial charge in [0.05, 0.1) is 6.54 Å². The van der Waals surface area contributed by atoms with Gasteiger partial charge in [-0.2, -0.15) is 0 Å². The maximum Gasteiger partial charge on any atom is 0.325 e. The summed E-state index contributed by atoms with van der Waals surface area (Å²) in [5, 5.41) is 2.86. The largest absolute Gasteiger partial charge is 0.325 e. The van der Waals surface area contributed by atoms with E-state index in [0.29, 0.717) is 5.56 Å². The Labute approximate surface area is 151 Å². The maximum absolute atomic E-state index is 14.0. The predicted molar refractivity (Wildman–Crippen MR) is 92.0 cm³/mol. The average Bonchev–Trinajstić information content (AvgIpc) is 2.75. The molecule has 1 aliphatic heterocycles. The third kappa shape index (κ3) is 2.80. The maximum atomic E-state index is 14.0. The van der Waals surface area contributed by atoms with Gasteiger partial charge in [-0.3, -0.25) is 9.69 Å². The molecule has 1 heterocycles. The first-order valence-electron chi connectivity index (χ1n) is 7.16. The van der Waals surface area contributed by atoms with Crippen LogP contribution in [0.1, 0.15) is 18.1 Å². The van der Waals surface area contributed by atoms with Crippen LogP contribution in [-0.2, 0) is 16.9 Å². The number of halogens is 3. The van der Waals surface area contributed by atoms with Crippen LogP contribution in [0.2, 0.25) is 5.02 Å². The van der Waals surface area contributed by atoms with Gasteiger partial charge in [-0.15, -0.1) is 0 Å². The first-order chi connectivity index (χ1) is 11.3. The van der Waals surface area contributed by atoms with E-state index in [4.69, 9.17) is 11.6 Å². The van der Waals surface area contributed by atoms with Crippen molar-refractivity contribution >= 4 is 39.5 Å². The van der Waals surface area contributed by atoms with Crippen molar-refractivity contribution in [2.24, 2.45) is 0 Å². The highest BCUT2D eigenvalue weighted by Crippen LogP contribution is 2.32. The highest BCUT2D eigenvalue weighted by atomic mass is 79.9. The molecule has 3 rings (SSSR count). The van der Waals surface area contributed by atoms with E-state index < -0.39 is 23.3 Å². The molecule has 0 radical (unpaired) electrons. The van der Waals surface area contributed by atoms with Gasteiger partial charge in [0.15, 0.2) is 0 Å². The first-order valence-corrected chi connectivity index (χ1v) is 8.33. The van der Waals surface area contributed by atoms with Gasteiger partial charge in [-0.05, 0) is 36.8 Å². The molecular weight excluding hydrogens is 399 g/mol. The van der Waals surface area contributed by atoms with Crippen LogP contribution in [0.15, 0.2) is 46.9 Å². The fourth-order valence-corrected chi connectivity index (χ4v) is 3.30. The Kier molecular flexibility index (Phi) is 4.36. The minimum absolute atomic E-state index is 0.112. The third-order valence-electron chi connectivity index (χ3n) is 4.05. The fraction of sp³-hybridized carbons (Fsp3) is 0.176. The number of carbonyl (C=O) groups excluding carboxylic acids is 2. The molecule has 1 saturated heterocycles. The molecule has 4 nitrogen and oxygen atoms in total. The highest BCUT2D eigenvalue weighted by Gasteiger charge is 2.49. The smallest absolute Gasteiger partial charge is 0.319 e. The zero-order valence-electron chi connectivity index (χ0n) is 12.6. The molecule has 124 valence electrons. The van der Waals surface area contributed by atoms with Crippen molar-refractivity contribution in [3.05, 3.63) is 68.9 Å². The standard InChI is InChI=1S/C17H13BrClFN2O2/c1-17(10-4-2-5-11(18)8-10)15(23)22(16(24)21-17)9-12-13(19)6-3-7-14(12)20/h2-8H,9H2,1H3,(H,21,24). The van der Waals surface area contributed by atoms with Crippen LogP contribution in [0, 0.1) is 5.82 Å². The van der Waals surface area contributed by atoms with Crippen LogP contribution in [0.3, 0.4) is 0 Å². The Morgan fingerprint density at radius 2 is 1.96 bits per heavy atom. The lowest BCUT2D eigenvalue weighted by Gasteiger charge is -2.22. The van der Waals surface area contributed by atoms with Crippen molar-refractivity contribution in [3.63, 3.8) is 0 Å². The Bertz CT molecular complexity index is 825. The van der Waals surface area contributed by atoms with Gasteiger partial charge in [0.2, 0.25) is 0 Å². The molecular formula is C17H13BrClFN2O2. The molecule has 7 heteroatoms. The highest BCUT2D eigenvalue weighted by molar-refractivity contribution is 9.10. The van der Waals surface area contributed by atoms with Crippen molar-refractivity contribution in [3.8, 4) is 0 Å². The number of urea groups is 1. The lowest BCUT2D eigenvalue weighted by atomic mass is 9.92. The quantitative estimate of drug-likeness (QED) is 0.769. The van der Waals surface area contributed by atoms with E-state index in [0.717, 1.165) is 9.37 Å². The molecule has 1 aliphatic rings. The lowest BCUT2D eigenvalue weighted by Crippen LogP contribution is -2.40. The number of benzene rings is 2. The molecule has 0 saturated carbocycles. The summed E-state index contributed by atoms with van der Waals surface area (Å²) in [4.78, 5) is 26.1. The second-order valence-electron chi connectivity index (χ2n) is 5.66. The molecule has 1 fully saturated rings. The second kappa shape index (κ2) is 6.18. The van der Waals surface area contributed by atoms with Gasteiger partial charge in [-0.1, -0.05) is 45.7 Å². The summed E-state index contributed by atoms with van der Waals surface area (Å²) in [7, 11) is 0. The van der Waals surface area contributed by atoms with Gasteiger partial charge in [-0.25, -0.2) is 9.18 Å². The van der Waals surface area contributed by atoms with Gasteiger partial charge < -0.3 is 5.32 Å². The number of carbonyl (C=O) groups is 2. The second-order valence-corrected chi connectivity index (χ2v) is 6.98. The Balaban J connectivity index is 1.95. The van der Waals surface area contributed by atoms with Crippen molar-refractivity contribution in [2.75, 3.05) is 0 Å². The number of amides is 3. The minimum Gasteiger partial charge on any atom is -0.319 e. The summed E-state index contributed by atoms with van der Waals surface area (Å²) in [6.45, 7) is 1.40. The SMILES string of the molecule is CC1(c2cccc(Br)c2)NC(=O)N(Cc2c(F)cccc2Cl)C1=O. The summed E-state index contributed by atoms with van der Waals surface area (Å²) in [6, 6.07) is 10.8. The van der Waals surface area contributed by atoms with Crippen LogP contribution in [0.25, 0.3) is 0 Å². The molecule has 3 amide bonds. The normalized spacial score (nSPS) is 20.4. The molecule has 24 heavy (non-hydrogen) atoms. The van der Waals surface area contributed by atoms with E-state index in [1.54, 1.807) is 25.1 Å². The molecule has 2 aromatic carbocycles. The minimum atomic E-state index is -1.21. The van der Waals surface area contributed by atoms with Crippen molar-refractivity contribution in [2.45, 2.75) is 19.0 Å². The summed E-state index contributed by atoms with van der Waals surface area (Å²) in [5.74, 6) is -1.01. The van der Waals surface area contributed by atoms with E-state index in [2.05, 4.69) is 21.2 Å². The van der Waals surface area contributed by atoms with Crippen LogP contribution in [0.4, 0.5) is 9.18 Å². The third-order valence-corrected chi connectivity index (χ3v) is 4.90. The Hall–Kier alpha value is -1.92. The number of rotatable bonds is 3. The summed E-state index contributed by atoms with van der Waals surface area (Å²) >= 11 is 9.35. The average molecular weight is 412 g/mol. The Morgan fingerprint density at radius 1 is 1.25 bits per heavy atom. The van der Waals surface area contributed by atoms with E-state index in [-0.39, 0.29) is 17.1 Å². The van der Waals surface area contributed by atoms with E-state index in [9.17, 15) is 14.0 Å². The molecule has 0 spiro atoms. The fourth-order valence-electron chi connectivity index (χ4n) is 2.68. The zero-order chi connectivity index (χ0) is 17.5. The topological polar surface area (TPSA) is 49.4 Å². The number of nitrogens with zero attached hydrogens (tertiary/aromatic N) is 1. The monoisotopic (exact) mass is 410 g/mol. The van der Waals surface area contributed by atoms with Crippen molar-refractivity contribution in [1.29, 1.82) is 0 Å². The van der Waals surface area contributed by atoms with Crippen LogP contribution in [0.5, 0.6) is 0 Å². The van der Waals surface area contributed by atoms with Crippen molar-refractivity contribution < 1.29 is 14.0 Å². The van der Waals surface area contributed by atoms with Crippen molar-refractivity contribution in [1.82, 2.24) is 10.2 Å². The van der Waals surface area contributed by atoms with Gasteiger partial charge in [0.25, 0.3) is 5.91 Å². The first kappa shape index (κ1) is 16.9. The van der Waals surface area contributed by atoms with Crippen LogP contribution >= 0.6 is 27.5 Å². The molecule has 1 atom stereocenters. The molecule has 0 bridgehead atoms. The summed E-state index contributed by atoms with van der Waals surface area (Å²) in [5.41, 5.74) is -0.461. The molecule has 1 unspecified atom stereocenters. The number of hydrogen-bond donors (Lipinski definition) is 1. The van der Waals surface area contributed by atoms with Crippen LogP contribution in [-0.4, -0.2) is 16.8 Å². The summed E-state index contributed by atoms with van der Waals surface area (Å²) < 4.78 is 14.8. The number of hydrogen-bond acceptors (Lipinski definition) is 2. The number of nitrogens with one attached hydrogen (secondary N) is 1. The molecule has 1 N–H and O–H groups in total. The van der Waals surface area contributed by atoms with E-state index in [1.165, 1.54) is 18.2 Å². The molecule has 0 aliphatic carbocycles. The van der Waals surface area contributed by atoms with Crippen LogP contribution < -0.4 is 5.32 Å². The van der Waals surface area contributed by atoms with Gasteiger partial charge in [0, 0.05) is 15.1 Å². The molecule has 2 aromatic rings. The van der Waals surface area contributed by atoms with Gasteiger partial charge in [0.1, 0.15) is 11.4 Å². The van der Waals surface area contributed by atoms with E-state index in [1.807, 2.05) is 6.07 Å². The summed E-state index contributed by atoms with van der Waals surface area (Å²) in [6.07, 6.45) is 0. The zero-order valence-corrected chi connectivity index (χ0v) is 15.0. The molecule has 0 aromatic heterocycles. The predicted octanol–water partition coefficient (Wildman–Crippen LogP) is 4.21. The van der Waals surface area contributed by atoms with E-state index >= 15 is 0 Å². The Morgan fingerprint density at radius 3 is 2.62 bits per heavy atom. The lowest BCUT2D eigenvalue weighted by molar-refractivity contribution is -0.131. The van der Waals surface area contributed by atoms with Gasteiger partial charge >= 0.3 is 6.03 Å². The number of imide groups is 1.